The van der Waals surface area contributed by atoms with Crippen LogP contribution in [0.5, 0.6) is 5.75 Å². The summed E-state index contributed by atoms with van der Waals surface area (Å²) in [7, 11) is 0. The molecule has 1 aliphatic carbocycles. The first-order valence-corrected chi connectivity index (χ1v) is 10.6. The van der Waals surface area contributed by atoms with Crippen LogP contribution in [0.1, 0.15) is 31.7 Å². The Morgan fingerprint density at radius 1 is 1.28 bits per heavy atom. The first-order chi connectivity index (χ1) is 14.7. The molecule has 0 amide bonds. The van der Waals surface area contributed by atoms with Crippen molar-refractivity contribution in [1.82, 2.24) is 15.5 Å². The minimum atomic E-state index is -4.73. The van der Waals surface area contributed by atoms with Gasteiger partial charge < -0.3 is 25.2 Å². The molecule has 1 heterocycles. The van der Waals surface area contributed by atoms with E-state index >= 15 is 0 Å². The molecule has 1 saturated carbocycles. The van der Waals surface area contributed by atoms with Gasteiger partial charge in [-0.15, -0.1) is 37.1 Å². The van der Waals surface area contributed by atoms with Crippen LogP contribution in [-0.2, 0) is 4.74 Å². The molecule has 0 aromatic heterocycles. The molecule has 3 rings (SSSR count). The normalized spacial score (nSPS) is 23.6. The highest BCUT2D eigenvalue weighted by Crippen LogP contribution is 2.45. The minimum absolute atomic E-state index is 0. The van der Waals surface area contributed by atoms with Gasteiger partial charge in [0.15, 0.2) is 5.96 Å². The summed E-state index contributed by atoms with van der Waals surface area (Å²) < 4.78 is 47.6. The Labute approximate surface area is 203 Å². The second-order valence-electron chi connectivity index (χ2n) is 8.26. The molecule has 7 nitrogen and oxygen atoms in total. The molecule has 0 bridgehead atoms. The van der Waals surface area contributed by atoms with E-state index in [1.54, 1.807) is 19.1 Å². The molecule has 3 unspecified atom stereocenters. The topological polar surface area (TPSA) is 78.4 Å². The lowest BCUT2D eigenvalue weighted by Crippen LogP contribution is -2.48. The molecule has 1 saturated heterocycles. The van der Waals surface area contributed by atoms with Crippen molar-refractivity contribution in [3.63, 3.8) is 0 Å². The number of hydrogen-bond acceptors (Lipinski definition) is 5. The molecule has 32 heavy (non-hydrogen) atoms. The predicted molar refractivity (Wildman–Crippen MR) is 127 cm³/mol. The van der Waals surface area contributed by atoms with Crippen LogP contribution < -0.4 is 15.4 Å². The van der Waals surface area contributed by atoms with E-state index in [4.69, 9.17) is 4.74 Å². The lowest BCUT2D eigenvalue weighted by Gasteiger charge is -2.33. The van der Waals surface area contributed by atoms with Gasteiger partial charge in [0.25, 0.3) is 0 Å². The number of morpholine rings is 1. The fraction of sp³-hybridized carbons (Fsp3) is 0.667. The molecule has 1 aromatic rings. The molecule has 0 spiro atoms. The number of benzene rings is 1. The van der Waals surface area contributed by atoms with Crippen LogP contribution in [0.25, 0.3) is 0 Å². The average molecular weight is 572 g/mol. The zero-order chi connectivity index (χ0) is 22.5. The number of guanidine groups is 1. The van der Waals surface area contributed by atoms with Gasteiger partial charge in [-0.05, 0) is 31.9 Å². The summed E-state index contributed by atoms with van der Waals surface area (Å²) in [5, 5.41) is 17.1. The highest BCUT2D eigenvalue weighted by Gasteiger charge is 2.42. The van der Waals surface area contributed by atoms with E-state index in [1.165, 1.54) is 12.1 Å². The highest BCUT2D eigenvalue weighted by atomic mass is 127. The van der Waals surface area contributed by atoms with Crippen LogP contribution in [0, 0.1) is 0 Å². The number of aliphatic imine (C=N–C) groups is 1. The Balaban J connectivity index is 0.00000363. The van der Waals surface area contributed by atoms with Crippen molar-refractivity contribution in [2.45, 2.75) is 44.2 Å². The number of nitrogens with one attached hydrogen (secondary N) is 2. The van der Waals surface area contributed by atoms with Crippen molar-refractivity contribution in [2.75, 3.05) is 45.9 Å². The second-order valence-corrected chi connectivity index (χ2v) is 8.26. The molecular formula is C21H32F3IN4O3. The number of rotatable bonds is 8. The van der Waals surface area contributed by atoms with Gasteiger partial charge in [-0.25, -0.2) is 0 Å². The van der Waals surface area contributed by atoms with Gasteiger partial charge in [-0.3, -0.25) is 9.89 Å². The van der Waals surface area contributed by atoms with Crippen molar-refractivity contribution in [1.29, 1.82) is 0 Å². The van der Waals surface area contributed by atoms with Crippen LogP contribution in [0.2, 0.25) is 0 Å². The number of nitrogens with zero attached hydrogens (tertiary/aromatic N) is 2. The standard InChI is InChI=1S/C21H31F3N4O3.HI/c1-3-25-19(26-13-20(2,29)14-28-8-10-30-11-9-28)27-17-12-16(17)15-6-4-5-7-18(15)31-21(22,23)24;/h4-7,16-17,29H,3,8-14H2,1-2H3,(H2,25,26,27);1H. The SMILES string of the molecule is CCNC(=NCC(C)(O)CN1CCOCC1)NC1CC1c1ccccc1OC(F)(F)F.I. The Hall–Kier alpha value is -1.31. The molecule has 1 aromatic carbocycles. The van der Waals surface area contributed by atoms with Gasteiger partial charge in [-0.1, -0.05) is 18.2 Å². The molecule has 0 radical (unpaired) electrons. The highest BCUT2D eigenvalue weighted by molar-refractivity contribution is 14.0. The Bertz CT molecular complexity index is 758. The summed E-state index contributed by atoms with van der Waals surface area (Å²) in [6, 6.07) is 6.17. The van der Waals surface area contributed by atoms with Crippen molar-refractivity contribution in [2.24, 2.45) is 4.99 Å². The van der Waals surface area contributed by atoms with Crippen LogP contribution >= 0.6 is 24.0 Å². The average Bonchev–Trinajstić information content (AvgIpc) is 3.45. The van der Waals surface area contributed by atoms with Crippen molar-refractivity contribution >= 4 is 29.9 Å². The van der Waals surface area contributed by atoms with Crippen molar-refractivity contribution in [3.05, 3.63) is 29.8 Å². The third-order valence-corrected chi connectivity index (χ3v) is 5.25. The Morgan fingerprint density at radius 2 is 1.97 bits per heavy atom. The third-order valence-electron chi connectivity index (χ3n) is 5.25. The predicted octanol–water partition coefficient (Wildman–Crippen LogP) is 2.70. The number of alkyl halides is 3. The van der Waals surface area contributed by atoms with Gasteiger partial charge in [0, 0.05) is 38.1 Å². The van der Waals surface area contributed by atoms with Gasteiger partial charge in [0.05, 0.1) is 25.4 Å². The Morgan fingerprint density at radius 3 is 2.62 bits per heavy atom. The molecule has 3 atom stereocenters. The maximum absolute atomic E-state index is 12.7. The maximum atomic E-state index is 12.7. The number of hydrogen-bond donors (Lipinski definition) is 3. The van der Waals surface area contributed by atoms with Crippen LogP contribution in [0.15, 0.2) is 29.3 Å². The lowest BCUT2D eigenvalue weighted by atomic mass is 10.1. The fourth-order valence-corrected chi connectivity index (χ4v) is 3.74. The maximum Gasteiger partial charge on any atom is 0.573 e. The number of β-amino-alcohol motifs (C(OH)–C–C–N with tert-alkyl or cyclic N) is 1. The lowest BCUT2D eigenvalue weighted by molar-refractivity contribution is -0.274. The molecule has 182 valence electrons. The molecule has 11 heteroatoms. The van der Waals surface area contributed by atoms with E-state index in [1.807, 2.05) is 6.92 Å². The molecular weight excluding hydrogens is 540 g/mol. The van der Waals surface area contributed by atoms with Crippen LogP contribution in [0.4, 0.5) is 13.2 Å². The number of halogens is 4. The van der Waals surface area contributed by atoms with Gasteiger partial charge >= 0.3 is 6.36 Å². The van der Waals surface area contributed by atoms with Gasteiger partial charge in [-0.2, -0.15) is 0 Å². The van der Waals surface area contributed by atoms with Gasteiger partial charge in [0.2, 0.25) is 0 Å². The van der Waals surface area contributed by atoms with Crippen LogP contribution in [0.3, 0.4) is 0 Å². The summed E-state index contributed by atoms with van der Waals surface area (Å²) in [4.78, 5) is 6.66. The minimum Gasteiger partial charge on any atom is -0.405 e. The summed E-state index contributed by atoms with van der Waals surface area (Å²) in [6.07, 6.45) is -4.05. The molecule has 2 fully saturated rings. The quantitative estimate of drug-likeness (QED) is 0.253. The van der Waals surface area contributed by atoms with E-state index in [0.29, 0.717) is 44.2 Å². The molecule has 3 N–H and O–H groups in total. The number of para-hydroxylation sites is 1. The number of aliphatic hydroxyl groups is 1. The summed E-state index contributed by atoms with van der Waals surface area (Å²) in [5.74, 6) is 0.266. The van der Waals surface area contributed by atoms with E-state index in [9.17, 15) is 18.3 Å². The zero-order valence-electron chi connectivity index (χ0n) is 18.3. The van der Waals surface area contributed by atoms with Crippen molar-refractivity contribution < 1.29 is 27.8 Å². The second kappa shape index (κ2) is 11.7. The van der Waals surface area contributed by atoms with Crippen molar-refractivity contribution in [3.8, 4) is 5.75 Å². The summed E-state index contributed by atoms with van der Waals surface area (Å²) in [6.45, 7) is 7.88. The summed E-state index contributed by atoms with van der Waals surface area (Å²) in [5.41, 5.74) is -0.483. The van der Waals surface area contributed by atoms with Gasteiger partial charge in [0.1, 0.15) is 5.75 Å². The third kappa shape index (κ3) is 8.56. The van der Waals surface area contributed by atoms with E-state index in [-0.39, 0.29) is 48.2 Å². The summed E-state index contributed by atoms with van der Waals surface area (Å²) >= 11 is 0. The zero-order valence-corrected chi connectivity index (χ0v) is 20.7. The molecule has 1 aliphatic heterocycles. The largest absolute Gasteiger partial charge is 0.573 e. The van der Waals surface area contributed by atoms with E-state index < -0.39 is 12.0 Å². The fourth-order valence-electron chi connectivity index (χ4n) is 3.74. The molecule has 2 aliphatic rings. The van der Waals surface area contributed by atoms with Crippen LogP contribution in [-0.4, -0.2) is 79.9 Å². The smallest absolute Gasteiger partial charge is 0.405 e. The first-order valence-electron chi connectivity index (χ1n) is 10.6. The van der Waals surface area contributed by atoms with E-state index in [0.717, 1.165) is 13.1 Å². The number of ether oxygens (including phenoxy) is 2. The Kier molecular flexibility index (Phi) is 9.85. The first kappa shape index (κ1) is 26.9. The van der Waals surface area contributed by atoms with E-state index in [2.05, 4.69) is 25.3 Å². The monoisotopic (exact) mass is 572 g/mol.